The van der Waals surface area contributed by atoms with Gasteiger partial charge in [-0.05, 0) is 56.0 Å². The van der Waals surface area contributed by atoms with Crippen molar-refractivity contribution in [3.63, 3.8) is 0 Å². The number of methoxy groups -OCH3 is 1. The third-order valence-corrected chi connectivity index (χ3v) is 4.30. The number of nitrogens with one attached hydrogen (secondary N) is 1. The van der Waals surface area contributed by atoms with Gasteiger partial charge in [0.15, 0.2) is 5.90 Å². The number of nitrogens with zero attached hydrogens (tertiary/aromatic N) is 1. The molecule has 2 aliphatic rings. The average molecular weight is 288 g/mol. The van der Waals surface area contributed by atoms with E-state index in [1.807, 2.05) is 12.1 Å². The lowest BCUT2D eigenvalue weighted by atomic mass is 9.95. The van der Waals surface area contributed by atoms with E-state index >= 15 is 0 Å². The first-order valence-electron chi connectivity index (χ1n) is 7.86. The third kappa shape index (κ3) is 3.97. The maximum Gasteiger partial charge on any atom is 0.183 e. The Kier molecular flexibility index (Phi) is 4.76. The van der Waals surface area contributed by atoms with Crippen molar-refractivity contribution < 1.29 is 9.47 Å². The van der Waals surface area contributed by atoms with Gasteiger partial charge in [0.25, 0.3) is 0 Å². The van der Waals surface area contributed by atoms with Gasteiger partial charge in [-0.15, -0.1) is 0 Å². The predicted molar refractivity (Wildman–Crippen MR) is 84.1 cm³/mol. The fourth-order valence-corrected chi connectivity index (χ4v) is 3.09. The zero-order chi connectivity index (χ0) is 14.5. The zero-order valence-electron chi connectivity index (χ0n) is 12.7. The van der Waals surface area contributed by atoms with Crippen molar-refractivity contribution in [2.45, 2.75) is 31.7 Å². The molecule has 4 heteroatoms. The van der Waals surface area contributed by atoms with Crippen LogP contribution in [0.1, 0.15) is 24.8 Å². The van der Waals surface area contributed by atoms with Crippen LogP contribution in [0.15, 0.2) is 29.3 Å². The number of hydrogen-bond donors (Lipinski definition) is 1. The van der Waals surface area contributed by atoms with E-state index in [-0.39, 0.29) is 6.04 Å². The molecule has 0 spiro atoms. The van der Waals surface area contributed by atoms with Gasteiger partial charge in [-0.3, -0.25) is 0 Å². The molecule has 1 aromatic rings. The Morgan fingerprint density at radius 2 is 2.14 bits per heavy atom. The van der Waals surface area contributed by atoms with Crippen LogP contribution in [0, 0.1) is 5.92 Å². The molecule has 1 unspecified atom stereocenters. The van der Waals surface area contributed by atoms with E-state index in [4.69, 9.17) is 14.5 Å². The molecule has 2 aliphatic heterocycles. The number of benzene rings is 1. The second-order valence-corrected chi connectivity index (χ2v) is 5.94. The molecule has 0 radical (unpaired) electrons. The summed E-state index contributed by atoms with van der Waals surface area (Å²) in [6.07, 6.45) is 4.41. The quantitative estimate of drug-likeness (QED) is 0.905. The van der Waals surface area contributed by atoms with Crippen LogP contribution >= 0.6 is 0 Å². The fourth-order valence-electron chi connectivity index (χ4n) is 3.09. The number of piperidine rings is 1. The van der Waals surface area contributed by atoms with Gasteiger partial charge in [0.1, 0.15) is 12.4 Å². The van der Waals surface area contributed by atoms with Crippen molar-refractivity contribution in [1.29, 1.82) is 0 Å². The molecule has 4 nitrogen and oxygen atoms in total. The zero-order valence-corrected chi connectivity index (χ0v) is 12.7. The summed E-state index contributed by atoms with van der Waals surface area (Å²) in [4.78, 5) is 4.77. The Balaban J connectivity index is 1.54. The molecule has 1 atom stereocenters. The lowest BCUT2D eigenvalue weighted by Crippen LogP contribution is -2.28. The summed E-state index contributed by atoms with van der Waals surface area (Å²) in [7, 11) is 1.70. The molecule has 1 aromatic carbocycles. The number of hydrogen-bond acceptors (Lipinski definition) is 4. The Morgan fingerprint density at radius 1 is 1.29 bits per heavy atom. The van der Waals surface area contributed by atoms with Crippen molar-refractivity contribution in [3.05, 3.63) is 29.8 Å². The van der Waals surface area contributed by atoms with E-state index in [1.165, 1.54) is 18.4 Å². The van der Waals surface area contributed by atoms with Crippen molar-refractivity contribution in [1.82, 2.24) is 5.32 Å². The van der Waals surface area contributed by atoms with E-state index < -0.39 is 0 Å². The summed E-state index contributed by atoms with van der Waals surface area (Å²) in [6, 6.07) is 8.47. The molecule has 0 aromatic heterocycles. The largest absolute Gasteiger partial charge is 0.497 e. The van der Waals surface area contributed by atoms with Gasteiger partial charge in [-0.25, -0.2) is 4.99 Å². The first-order chi connectivity index (χ1) is 10.3. The normalized spacial score (nSPS) is 22.7. The highest BCUT2D eigenvalue weighted by Gasteiger charge is 2.23. The van der Waals surface area contributed by atoms with Crippen molar-refractivity contribution in [2.24, 2.45) is 10.9 Å². The van der Waals surface area contributed by atoms with Crippen LogP contribution in [0.25, 0.3) is 0 Å². The van der Waals surface area contributed by atoms with Gasteiger partial charge in [-0.2, -0.15) is 0 Å². The summed E-state index contributed by atoms with van der Waals surface area (Å²) in [5, 5.41) is 3.40. The lowest BCUT2D eigenvalue weighted by Gasteiger charge is -2.21. The highest BCUT2D eigenvalue weighted by Crippen LogP contribution is 2.22. The van der Waals surface area contributed by atoms with Gasteiger partial charge in [0, 0.05) is 6.42 Å². The second kappa shape index (κ2) is 6.94. The number of ether oxygens (including phenoxy) is 2. The van der Waals surface area contributed by atoms with E-state index in [0.29, 0.717) is 0 Å². The smallest absolute Gasteiger partial charge is 0.183 e. The molecule has 21 heavy (non-hydrogen) atoms. The highest BCUT2D eigenvalue weighted by atomic mass is 16.5. The third-order valence-electron chi connectivity index (χ3n) is 4.30. The Bertz CT molecular complexity index is 495. The van der Waals surface area contributed by atoms with Crippen LogP contribution in [0.5, 0.6) is 5.75 Å². The minimum absolute atomic E-state index is 0.258. The van der Waals surface area contributed by atoms with Gasteiger partial charge in [0.05, 0.1) is 13.2 Å². The van der Waals surface area contributed by atoms with Crippen LogP contribution in [0.4, 0.5) is 0 Å². The summed E-state index contributed by atoms with van der Waals surface area (Å²) < 4.78 is 11.1. The van der Waals surface area contributed by atoms with E-state index in [0.717, 1.165) is 50.1 Å². The molecule has 0 amide bonds. The Morgan fingerprint density at radius 3 is 2.95 bits per heavy atom. The molecular weight excluding hydrogens is 264 g/mol. The molecule has 114 valence electrons. The predicted octanol–water partition coefficient (Wildman–Crippen LogP) is 2.42. The van der Waals surface area contributed by atoms with Gasteiger partial charge in [-0.1, -0.05) is 12.1 Å². The topological polar surface area (TPSA) is 42.9 Å². The summed E-state index contributed by atoms with van der Waals surface area (Å²) in [5.41, 5.74) is 1.26. The molecule has 0 aliphatic carbocycles. The van der Waals surface area contributed by atoms with E-state index in [2.05, 4.69) is 17.4 Å². The van der Waals surface area contributed by atoms with Crippen LogP contribution in [-0.2, 0) is 11.2 Å². The monoisotopic (exact) mass is 288 g/mol. The molecule has 1 saturated heterocycles. The van der Waals surface area contributed by atoms with Gasteiger partial charge < -0.3 is 14.8 Å². The molecular formula is C17H24N2O2. The molecule has 2 heterocycles. The Labute approximate surface area is 126 Å². The minimum Gasteiger partial charge on any atom is -0.497 e. The maximum atomic E-state index is 5.80. The van der Waals surface area contributed by atoms with Crippen molar-refractivity contribution in [2.75, 3.05) is 26.8 Å². The number of aliphatic imine (C=N–C) groups is 1. The van der Waals surface area contributed by atoms with Crippen LogP contribution in [0.3, 0.4) is 0 Å². The van der Waals surface area contributed by atoms with Crippen LogP contribution in [0.2, 0.25) is 0 Å². The van der Waals surface area contributed by atoms with E-state index in [1.54, 1.807) is 7.11 Å². The molecule has 1 fully saturated rings. The van der Waals surface area contributed by atoms with Crippen LogP contribution in [-0.4, -0.2) is 38.7 Å². The summed E-state index contributed by atoms with van der Waals surface area (Å²) in [6.45, 7) is 2.98. The second-order valence-electron chi connectivity index (χ2n) is 5.94. The van der Waals surface area contributed by atoms with Gasteiger partial charge in [0.2, 0.25) is 0 Å². The fraction of sp³-hybridized carbons (Fsp3) is 0.588. The lowest BCUT2D eigenvalue weighted by molar-refractivity contribution is 0.292. The highest BCUT2D eigenvalue weighted by molar-refractivity contribution is 5.78. The maximum absolute atomic E-state index is 5.80. The Hall–Kier alpha value is -1.55. The first kappa shape index (κ1) is 14.4. The molecule has 3 rings (SSSR count). The number of rotatable bonds is 5. The molecule has 0 bridgehead atoms. The summed E-state index contributed by atoms with van der Waals surface area (Å²) >= 11 is 0. The minimum atomic E-state index is 0.258. The molecule has 1 N–H and O–H groups in total. The molecule has 0 saturated carbocycles. The standard InChI is InChI=1S/C17H24N2O2/c1-20-16-4-2-3-14(10-16)9-15-12-21-17(19-15)11-13-5-7-18-8-6-13/h2-4,10,13,15,18H,5-9,11-12H2,1H3. The SMILES string of the molecule is COc1cccc(CC2COC(CC3CCNCC3)=N2)c1. The van der Waals surface area contributed by atoms with E-state index in [9.17, 15) is 0 Å². The summed E-state index contributed by atoms with van der Waals surface area (Å²) in [5.74, 6) is 2.61. The van der Waals surface area contributed by atoms with Crippen molar-refractivity contribution in [3.8, 4) is 5.75 Å². The van der Waals surface area contributed by atoms with Gasteiger partial charge >= 0.3 is 0 Å². The van der Waals surface area contributed by atoms with Crippen molar-refractivity contribution >= 4 is 5.90 Å². The first-order valence-corrected chi connectivity index (χ1v) is 7.86. The average Bonchev–Trinajstić information content (AvgIpc) is 2.95. The van der Waals surface area contributed by atoms with Crippen LogP contribution < -0.4 is 10.1 Å².